The van der Waals surface area contributed by atoms with E-state index in [2.05, 4.69) is 4.72 Å². The average Bonchev–Trinajstić information content (AvgIpc) is 2.35. The second kappa shape index (κ2) is 7.21. The van der Waals surface area contributed by atoms with Gasteiger partial charge in [-0.05, 0) is 31.5 Å². The summed E-state index contributed by atoms with van der Waals surface area (Å²) in [5, 5.41) is 9.14. The first-order valence-electron chi connectivity index (χ1n) is 5.87. The van der Waals surface area contributed by atoms with E-state index in [0.29, 0.717) is 5.56 Å². The molecule has 2 N–H and O–H groups in total. The summed E-state index contributed by atoms with van der Waals surface area (Å²) >= 11 is 5.87. The van der Waals surface area contributed by atoms with Crippen molar-refractivity contribution in [2.45, 2.75) is 31.5 Å². The normalized spacial score (nSPS) is 12.1. The highest BCUT2D eigenvalue weighted by atomic mass is 35.5. The van der Waals surface area contributed by atoms with Crippen molar-refractivity contribution in [2.24, 2.45) is 0 Å². The van der Waals surface area contributed by atoms with Crippen LogP contribution in [0, 0.1) is 0 Å². The summed E-state index contributed by atoms with van der Waals surface area (Å²) in [5.41, 5.74) is 0.489. The SMILES string of the molecule is CC(C)OCCNS(=O)(=O)c1cc(CO)ccc1Cl. The summed E-state index contributed by atoms with van der Waals surface area (Å²) in [6.45, 7) is 3.96. The van der Waals surface area contributed by atoms with Gasteiger partial charge >= 0.3 is 0 Å². The maximum atomic E-state index is 12.0. The Bertz CT molecular complexity index is 516. The van der Waals surface area contributed by atoms with Crippen molar-refractivity contribution in [3.8, 4) is 0 Å². The van der Waals surface area contributed by atoms with Crippen LogP contribution in [0.5, 0.6) is 0 Å². The molecule has 0 atom stereocenters. The molecule has 0 radical (unpaired) electrons. The zero-order chi connectivity index (χ0) is 14.5. The molecule has 0 fully saturated rings. The fourth-order valence-electron chi connectivity index (χ4n) is 1.40. The van der Waals surface area contributed by atoms with Gasteiger partial charge in [-0.25, -0.2) is 13.1 Å². The van der Waals surface area contributed by atoms with E-state index in [4.69, 9.17) is 21.4 Å². The fraction of sp³-hybridized carbons (Fsp3) is 0.500. The third-order valence-corrected chi connectivity index (χ3v) is 4.26. The Labute approximate surface area is 118 Å². The molecule has 0 aliphatic carbocycles. The van der Waals surface area contributed by atoms with Crippen LogP contribution in [-0.2, 0) is 21.4 Å². The number of hydrogen-bond donors (Lipinski definition) is 2. The molecule has 19 heavy (non-hydrogen) atoms. The van der Waals surface area contributed by atoms with Gasteiger partial charge < -0.3 is 9.84 Å². The first kappa shape index (κ1) is 16.4. The highest BCUT2D eigenvalue weighted by Crippen LogP contribution is 2.22. The number of hydrogen-bond acceptors (Lipinski definition) is 4. The van der Waals surface area contributed by atoms with E-state index in [1.54, 1.807) is 6.07 Å². The van der Waals surface area contributed by atoms with E-state index in [9.17, 15) is 8.42 Å². The van der Waals surface area contributed by atoms with E-state index >= 15 is 0 Å². The van der Waals surface area contributed by atoms with E-state index in [1.165, 1.54) is 12.1 Å². The smallest absolute Gasteiger partial charge is 0.242 e. The molecule has 1 aromatic carbocycles. The van der Waals surface area contributed by atoms with Crippen LogP contribution in [0.4, 0.5) is 0 Å². The average molecular weight is 308 g/mol. The largest absolute Gasteiger partial charge is 0.392 e. The molecule has 108 valence electrons. The highest BCUT2D eigenvalue weighted by molar-refractivity contribution is 7.89. The van der Waals surface area contributed by atoms with Crippen LogP contribution in [0.15, 0.2) is 23.1 Å². The first-order chi connectivity index (χ1) is 8.86. The van der Waals surface area contributed by atoms with Crippen molar-refractivity contribution in [1.82, 2.24) is 4.72 Å². The number of sulfonamides is 1. The molecule has 1 rings (SSSR count). The lowest BCUT2D eigenvalue weighted by Crippen LogP contribution is -2.28. The fourth-order valence-corrected chi connectivity index (χ4v) is 2.96. The van der Waals surface area contributed by atoms with Gasteiger partial charge in [0.25, 0.3) is 0 Å². The molecule has 0 aliphatic rings. The third-order valence-electron chi connectivity index (χ3n) is 2.31. The van der Waals surface area contributed by atoms with Crippen LogP contribution in [-0.4, -0.2) is 32.8 Å². The minimum absolute atomic E-state index is 0.0368. The molecule has 0 aliphatic heterocycles. The predicted molar refractivity (Wildman–Crippen MR) is 73.7 cm³/mol. The van der Waals surface area contributed by atoms with Crippen molar-refractivity contribution in [3.05, 3.63) is 28.8 Å². The minimum Gasteiger partial charge on any atom is -0.392 e. The number of rotatable bonds is 7. The van der Waals surface area contributed by atoms with Gasteiger partial charge in [-0.2, -0.15) is 0 Å². The van der Waals surface area contributed by atoms with Crippen molar-refractivity contribution in [1.29, 1.82) is 0 Å². The number of aliphatic hydroxyl groups is 1. The third kappa shape index (κ3) is 5.08. The second-order valence-corrected chi connectivity index (χ2v) is 6.38. The lowest BCUT2D eigenvalue weighted by molar-refractivity contribution is 0.0834. The number of aliphatic hydroxyl groups excluding tert-OH is 1. The summed E-state index contributed by atoms with van der Waals surface area (Å²) in [5.74, 6) is 0. The lowest BCUT2D eigenvalue weighted by Gasteiger charge is -2.11. The Balaban J connectivity index is 2.77. The van der Waals surface area contributed by atoms with Gasteiger partial charge in [-0.1, -0.05) is 17.7 Å². The molecule has 0 aromatic heterocycles. The first-order valence-corrected chi connectivity index (χ1v) is 7.73. The molecule has 0 bridgehead atoms. The molecule has 0 saturated heterocycles. The van der Waals surface area contributed by atoms with Gasteiger partial charge in [0.1, 0.15) is 4.90 Å². The summed E-state index contributed by atoms with van der Waals surface area (Å²) < 4.78 is 31.7. The van der Waals surface area contributed by atoms with Crippen molar-refractivity contribution in [2.75, 3.05) is 13.2 Å². The van der Waals surface area contributed by atoms with Gasteiger partial charge in [0, 0.05) is 6.54 Å². The standard InChI is InChI=1S/C12H18ClNO4S/c1-9(2)18-6-5-14-19(16,17)12-7-10(8-15)3-4-11(12)13/h3-4,7,9,14-15H,5-6,8H2,1-2H3. The maximum Gasteiger partial charge on any atom is 0.242 e. The Morgan fingerprint density at radius 2 is 2.11 bits per heavy atom. The van der Waals surface area contributed by atoms with Gasteiger partial charge in [-0.15, -0.1) is 0 Å². The van der Waals surface area contributed by atoms with E-state index in [0.717, 1.165) is 0 Å². The van der Waals surface area contributed by atoms with Crippen molar-refractivity contribution >= 4 is 21.6 Å². The van der Waals surface area contributed by atoms with Crippen LogP contribution < -0.4 is 4.72 Å². The van der Waals surface area contributed by atoms with Crippen LogP contribution >= 0.6 is 11.6 Å². The maximum absolute atomic E-state index is 12.0. The molecule has 0 spiro atoms. The van der Waals surface area contributed by atoms with E-state index < -0.39 is 10.0 Å². The molecule has 0 heterocycles. The quantitative estimate of drug-likeness (QED) is 0.749. The molecule has 5 nitrogen and oxygen atoms in total. The molecule has 0 amide bonds. The van der Waals surface area contributed by atoms with Gasteiger partial charge in [0.2, 0.25) is 10.0 Å². The minimum atomic E-state index is -3.69. The summed E-state index contributed by atoms with van der Waals surface area (Å²) in [7, 11) is -3.69. The van der Waals surface area contributed by atoms with Crippen molar-refractivity contribution in [3.63, 3.8) is 0 Å². The van der Waals surface area contributed by atoms with Crippen LogP contribution in [0.2, 0.25) is 5.02 Å². The Morgan fingerprint density at radius 1 is 1.42 bits per heavy atom. The van der Waals surface area contributed by atoms with E-state index in [1.807, 2.05) is 13.8 Å². The molecule has 7 heteroatoms. The monoisotopic (exact) mass is 307 g/mol. The van der Waals surface area contributed by atoms with Crippen LogP contribution in [0.3, 0.4) is 0 Å². The van der Waals surface area contributed by atoms with Gasteiger partial charge in [0.05, 0.1) is 24.3 Å². The highest BCUT2D eigenvalue weighted by Gasteiger charge is 2.17. The van der Waals surface area contributed by atoms with E-state index in [-0.39, 0.29) is 35.8 Å². The Kier molecular flexibility index (Phi) is 6.22. The number of benzene rings is 1. The van der Waals surface area contributed by atoms with Gasteiger partial charge in [-0.3, -0.25) is 0 Å². The Hall–Kier alpha value is -0.660. The summed E-state index contributed by atoms with van der Waals surface area (Å²) in [6.07, 6.45) is 0.0470. The lowest BCUT2D eigenvalue weighted by atomic mass is 10.2. The molecular formula is C12H18ClNO4S. The van der Waals surface area contributed by atoms with Crippen LogP contribution in [0.1, 0.15) is 19.4 Å². The molecule has 0 unspecified atom stereocenters. The van der Waals surface area contributed by atoms with Crippen molar-refractivity contribution < 1.29 is 18.3 Å². The van der Waals surface area contributed by atoms with Gasteiger partial charge in [0.15, 0.2) is 0 Å². The van der Waals surface area contributed by atoms with Crippen LogP contribution in [0.25, 0.3) is 0 Å². The predicted octanol–water partition coefficient (Wildman–Crippen LogP) is 1.54. The molecule has 0 saturated carbocycles. The summed E-state index contributed by atoms with van der Waals surface area (Å²) in [4.78, 5) is -0.0368. The summed E-state index contributed by atoms with van der Waals surface area (Å²) in [6, 6.07) is 4.38. The number of halogens is 1. The zero-order valence-corrected chi connectivity index (χ0v) is 12.5. The molecule has 1 aromatic rings. The second-order valence-electron chi connectivity index (χ2n) is 4.24. The topological polar surface area (TPSA) is 75.6 Å². The number of nitrogens with one attached hydrogen (secondary N) is 1. The molecular weight excluding hydrogens is 290 g/mol. The zero-order valence-electron chi connectivity index (χ0n) is 10.9. The Morgan fingerprint density at radius 3 is 2.68 bits per heavy atom. The number of ether oxygens (including phenoxy) is 1.